The van der Waals surface area contributed by atoms with Crippen LogP contribution in [0.5, 0.6) is 0 Å². The van der Waals surface area contributed by atoms with Crippen LogP contribution in [0.25, 0.3) is 0 Å². The van der Waals surface area contributed by atoms with Crippen LogP contribution in [-0.2, 0) is 13.1 Å². The van der Waals surface area contributed by atoms with Gasteiger partial charge in [-0.05, 0) is 62.2 Å². The lowest BCUT2D eigenvalue weighted by molar-refractivity contribution is 0.0711. The highest BCUT2D eigenvalue weighted by atomic mass is 19.1. The minimum absolute atomic E-state index is 0.0648. The molecule has 1 aliphatic rings. The number of fused-ring (bicyclic) bond motifs is 1. The van der Waals surface area contributed by atoms with E-state index in [4.69, 9.17) is 5.10 Å². The third-order valence-electron chi connectivity index (χ3n) is 6.45. The van der Waals surface area contributed by atoms with Crippen molar-refractivity contribution >= 4 is 17.5 Å². The summed E-state index contributed by atoms with van der Waals surface area (Å²) in [5, 5.41) is 7.68. The standard InChI is InChI=1S/C29H32FN5O2/c1-5-21(12-13-22(30)6-2)17-35-27-20(4)16-34(29(37)25-11-8-14-31-25)18-24(27)26(33-35)28(36)32-23-10-7-9-19(3)15-23/h5-15,20,31H,16-18H2,1-4H3,(H,32,36)/b13-12-,21-5+,22-6+. The number of aromatic nitrogens is 3. The number of hydrogen-bond acceptors (Lipinski definition) is 3. The maximum Gasteiger partial charge on any atom is 0.276 e. The van der Waals surface area contributed by atoms with Crippen molar-refractivity contribution in [1.29, 1.82) is 0 Å². The van der Waals surface area contributed by atoms with Gasteiger partial charge >= 0.3 is 0 Å². The molecule has 8 heteroatoms. The van der Waals surface area contributed by atoms with Crippen molar-refractivity contribution in [3.8, 4) is 0 Å². The largest absolute Gasteiger partial charge is 0.357 e. The van der Waals surface area contributed by atoms with Crippen LogP contribution in [0.4, 0.5) is 10.1 Å². The van der Waals surface area contributed by atoms with Crippen LogP contribution in [-0.4, -0.2) is 38.0 Å². The highest BCUT2D eigenvalue weighted by Crippen LogP contribution is 2.32. The number of aromatic amines is 1. The number of carbonyl (C=O) groups is 2. The first kappa shape index (κ1) is 25.9. The molecule has 3 heterocycles. The molecule has 2 N–H and O–H groups in total. The first-order valence-corrected chi connectivity index (χ1v) is 12.4. The summed E-state index contributed by atoms with van der Waals surface area (Å²) in [6, 6.07) is 11.1. The Balaban J connectivity index is 1.71. The second-order valence-electron chi connectivity index (χ2n) is 9.23. The van der Waals surface area contributed by atoms with Gasteiger partial charge in [0, 0.05) is 35.6 Å². The van der Waals surface area contributed by atoms with Gasteiger partial charge in [0.2, 0.25) is 0 Å². The summed E-state index contributed by atoms with van der Waals surface area (Å²) < 4.78 is 15.5. The van der Waals surface area contributed by atoms with Crippen molar-refractivity contribution in [2.24, 2.45) is 0 Å². The maximum atomic E-state index is 13.7. The monoisotopic (exact) mass is 501 g/mol. The van der Waals surface area contributed by atoms with Crippen LogP contribution in [0.2, 0.25) is 0 Å². The van der Waals surface area contributed by atoms with Crippen LogP contribution in [0, 0.1) is 6.92 Å². The van der Waals surface area contributed by atoms with E-state index >= 15 is 0 Å². The van der Waals surface area contributed by atoms with E-state index in [1.807, 2.05) is 55.8 Å². The van der Waals surface area contributed by atoms with E-state index in [9.17, 15) is 14.0 Å². The molecule has 0 fully saturated rings. The molecule has 4 rings (SSSR count). The Morgan fingerprint density at radius 2 is 2.00 bits per heavy atom. The molecular formula is C29H32FN5O2. The van der Waals surface area contributed by atoms with E-state index < -0.39 is 0 Å². The second kappa shape index (κ2) is 11.2. The fraction of sp³-hybridized carbons (Fsp3) is 0.276. The first-order chi connectivity index (χ1) is 17.8. The van der Waals surface area contributed by atoms with Crippen molar-refractivity contribution in [1.82, 2.24) is 19.7 Å². The molecule has 1 unspecified atom stereocenters. The lowest BCUT2D eigenvalue weighted by atomic mass is 9.95. The van der Waals surface area contributed by atoms with Crippen molar-refractivity contribution < 1.29 is 14.0 Å². The van der Waals surface area contributed by atoms with Gasteiger partial charge in [-0.1, -0.05) is 37.3 Å². The summed E-state index contributed by atoms with van der Waals surface area (Å²) in [5.41, 5.74) is 4.97. The Morgan fingerprint density at radius 1 is 1.19 bits per heavy atom. The zero-order valence-corrected chi connectivity index (χ0v) is 21.6. The summed E-state index contributed by atoms with van der Waals surface area (Å²) >= 11 is 0. The molecule has 2 aromatic heterocycles. The summed E-state index contributed by atoms with van der Waals surface area (Å²) in [5.74, 6) is -0.851. The average molecular weight is 502 g/mol. The number of H-pyrrole nitrogens is 1. The molecule has 0 saturated heterocycles. The van der Waals surface area contributed by atoms with E-state index in [0.717, 1.165) is 22.4 Å². The molecule has 7 nitrogen and oxygen atoms in total. The normalized spacial score (nSPS) is 16.2. The zero-order chi connectivity index (χ0) is 26.5. The minimum Gasteiger partial charge on any atom is -0.357 e. The fourth-order valence-corrected chi connectivity index (χ4v) is 4.59. The molecule has 0 aliphatic carbocycles. The van der Waals surface area contributed by atoms with E-state index in [1.54, 1.807) is 36.2 Å². The number of allylic oxidation sites excluding steroid dienone is 6. The average Bonchev–Trinajstić information content (AvgIpc) is 3.54. The Labute approximate surface area is 216 Å². The Hall–Kier alpha value is -4.20. The van der Waals surface area contributed by atoms with Gasteiger partial charge < -0.3 is 15.2 Å². The van der Waals surface area contributed by atoms with E-state index in [2.05, 4.69) is 10.3 Å². The quantitative estimate of drug-likeness (QED) is 0.395. The van der Waals surface area contributed by atoms with Gasteiger partial charge in [0.05, 0.1) is 13.1 Å². The second-order valence-corrected chi connectivity index (χ2v) is 9.23. The predicted octanol–water partition coefficient (Wildman–Crippen LogP) is 5.91. The van der Waals surface area contributed by atoms with Gasteiger partial charge in [0.1, 0.15) is 11.5 Å². The van der Waals surface area contributed by atoms with Crippen molar-refractivity contribution in [2.45, 2.75) is 46.7 Å². The number of carbonyl (C=O) groups excluding carboxylic acids is 2. The molecule has 0 spiro atoms. The Bertz CT molecular complexity index is 1380. The summed E-state index contributed by atoms with van der Waals surface area (Å²) in [6.07, 6.45) is 8.13. The number of amides is 2. The minimum atomic E-state index is -0.334. The number of anilines is 1. The summed E-state index contributed by atoms with van der Waals surface area (Å²) in [7, 11) is 0. The molecule has 0 radical (unpaired) electrons. The number of aryl methyl sites for hydroxylation is 1. The third-order valence-corrected chi connectivity index (χ3v) is 6.45. The number of nitrogens with one attached hydrogen (secondary N) is 2. The van der Waals surface area contributed by atoms with E-state index in [0.29, 0.717) is 24.5 Å². The molecule has 0 bridgehead atoms. The fourth-order valence-electron chi connectivity index (χ4n) is 4.59. The zero-order valence-electron chi connectivity index (χ0n) is 21.6. The van der Waals surface area contributed by atoms with E-state index in [-0.39, 0.29) is 35.8 Å². The van der Waals surface area contributed by atoms with Crippen LogP contribution in [0.3, 0.4) is 0 Å². The predicted molar refractivity (Wildman–Crippen MR) is 143 cm³/mol. The smallest absolute Gasteiger partial charge is 0.276 e. The topological polar surface area (TPSA) is 83.0 Å². The van der Waals surface area contributed by atoms with Gasteiger partial charge in [-0.2, -0.15) is 5.10 Å². The molecule has 3 aromatic rings. The SMILES string of the molecule is C\C=C(F)/C=C\C(=C/C)Cn1nc(C(=O)Nc2cccc(C)c2)c2c1C(C)CN(C(=O)c1ccc[nH]1)C2. The maximum absolute atomic E-state index is 13.7. The molecule has 37 heavy (non-hydrogen) atoms. The molecule has 1 aromatic carbocycles. The number of rotatable bonds is 7. The van der Waals surface area contributed by atoms with Gasteiger partial charge in [-0.25, -0.2) is 4.39 Å². The van der Waals surface area contributed by atoms with Crippen LogP contribution in [0.1, 0.15) is 64.5 Å². The van der Waals surface area contributed by atoms with Gasteiger partial charge in [0.25, 0.3) is 11.8 Å². The number of benzene rings is 1. The van der Waals surface area contributed by atoms with Crippen LogP contribution in [0.15, 0.2) is 78.3 Å². The first-order valence-electron chi connectivity index (χ1n) is 12.4. The molecule has 1 atom stereocenters. The van der Waals surface area contributed by atoms with E-state index in [1.165, 1.54) is 12.2 Å². The van der Waals surface area contributed by atoms with Gasteiger partial charge in [-0.3, -0.25) is 14.3 Å². The lowest BCUT2D eigenvalue weighted by Crippen LogP contribution is -2.38. The number of halogens is 1. The Morgan fingerprint density at radius 3 is 2.68 bits per heavy atom. The highest BCUT2D eigenvalue weighted by molar-refractivity contribution is 6.04. The highest BCUT2D eigenvalue weighted by Gasteiger charge is 2.34. The van der Waals surface area contributed by atoms with Crippen molar-refractivity contribution in [2.75, 3.05) is 11.9 Å². The van der Waals surface area contributed by atoms with Crippen molar-refractivity contribution in [3.63, 3.8) is 0 Å². The van der Waals surface area contributed by atoms with Crippen LogP contribution >= 0.6 is 0 Å². The number of nitrogens with zero attached hydrogens (tertiary/aromatic N) is 3. The summed E-state index contributed by atoms with van der Waals surface area (Å²) in [6.45, 7) is 8.64. The van der Waals surface area contributed by atoms with Crippen molar-refractivity contribution in [3.05, 3.63) is 107 Å². The lowest BCUT2D eigenvalue weighted by Gasteiger charge is -2.32. The van der Waals surface area contributed by atoms with Gasteiger partial charge in [-0.15, -0.1) is 0 Å². The third kappa shape index (κ3) is 5.80. The molecule has 0 saturated carbocycles. The molecule has 192 valence electrons. The molecule has 1 aliphatic heterocycles. The van der Waals surface area contributed by atoms with Gasteiger partial charge in [0.15, 0.2) is 5.69 Å². The Kier molecular flexibility index (Phi) is 7.86. The number of hydrogen-bond donors (Lipinski definition) is 2. The molecule has 2 amide bonds. The summed E-state index contributed by atoms with van der Waals surface area (Å²) in [4.78, 5) is 31.3. The molecular weight excluding hydrogens is 469 g/mol. The van der Waals surface area contributed by atoms with Crippen LogP contribution < -0.4 is 5.32 Å².